The number of amides is 1. The van der Waals surface area contributed by atoms with Gasteiger partial charge >= 0.3 is 0 Å². The highest BCUT2D eigenvalue weighted by molar-refractivity contribution is 6.30. The van der Waals surface area contributed by atoms with E-state index in [0.29, 0.717) is 23.1 Å². The summed E-state index contributed by atoms with van der Waals surface area (Å²) < 4.78 is 8.15. The first-order valence-electron chi connectivity index (χ1n) is 12.2. The minimum atomic E-state index is -0.249. The van der Waals surface area contributed by atoms with Crippen molar-refractivity contribution < 1.29 is 9.53 Å². The minimum absolute atomic E-state index is 0.148. The lowest BCUT2D eigenvalue weighted by atomic mass is 10.0. The molecule has 5 nitrogen and oxygen atoms in total. The molecular weight excluding hydrogens is 458 g/mol. The molecule has 0 saturated carbocycles. The second-order valence-corrected chi connectivity index (χ2v) is 9.53. The van der Waals surface area contributed by atoms with E-state index >= 15 is 0 Å². The molecule has 1 heterocycles. The number of nitrogens with zero attached hydrogens (tertiary/aromatic N) is 2. The topological polar surface area (TPSA) is 56.1 Å². The Kier molecular flexibility index (Phi) is 8.09. The SMILES string of the molecule is CC(C)c1ccc(OCCCCn2c(C(C)NC(=O)c3ccc(Cl)cc3)nc3ccccc32)cc1. The summed E-state index contributed by atoms with van der Waals surface area (Å²) in [6, 6.07) is 23.1. The molecule has 0 aliphatic carbocycles. The van der Waals surface area contributed by atoms with Crippen LogP contribution in [0.15, 0.2) is 72.8 Å². The van der Waals surface area contributed by atoms with Crippen LogP contribution >= 0.6 is 11.6 Å². The molecule has 1 atom stereocenters. The van der Waals surface area contributed by atoms with Crippen molar-refractivity contribution in [1.82, 2.24) is 14.9 Å². The van der Waals surface area contributed by atoms with Crippen LogP contribution in [0.1, 0.15) is 67.3 Å². The lowest BCUT2D eigenvalue weighted by Crippen LogP contribution is -2.28. The maximum absolute atomic E-state index is 12.8. The van der Waals surface area contributed by atoms with Gasteiger partial charge < -0.3 is 14.6 Å². The number of nitrogens with one attached hydrogen (secondary N) is 1. The zero-order valence-corrected chi connectivity index (χ0v) is 21.3. The molecule has 1 unspecified atom stereocenters. The first-order chi connectivity index (χ1) is 16.9. The van der Waals surface area contributed by atoms with Gasteiger partial charge in [-0.25, -0.2) is 4.98 Å². The number of hydrogen-bond donors (Lipinski definition) is 1. The molecule has 1 aromatic heterocycles. The molecule has 0 saturated heterocycles. The number of para-hydroxylation sites is 2. The number of hydrogen-bond acceptors (Lipinski definition) is 3. The Morgan fingerprint density at radius 3 is 2.40 bits per heavy atom. The summed E-state index contributed by atoms with van der Waals surface area (Å²) in [5, 5.41) is 3.68. The van der Waals surface area contributed by atoms with Crippen molar-refractivity contribution in [3.63, 3.8) is 0 Å². The van der Waals surface area contributed by atoms with E-state index in [1.165, 1.54) is 5.56 Å². The molecule has 35 heavy (non-hydrogen) atoms. The predicted molar refractivity (Wildman–Crippen MR) is 142 cm³/mol. The third kappa shape index (κ3) is 6.23. The largest absolute Gasteiger partial charge is 0.494 e. The van der Waals surface area contributed by atoms with E-state index in [9.17, 15) is 4.79 Å². The van der Waals surface area contributed by atoms with Crippen LogP contribution in [-0.2, 0) is 6.54 Å². The highest BCUT2D eigenvalue weighted by atomic mass is 35.5. The average molecular weight is 490 g/mol. The zero-order valence-electron chi connectivity index (χ0n) is 20.5. The lowest BCUT2D eigenvalue weighted by Gasteiger charge is -2.17. The van der Waals surface area contributed by atoms with Crippen LogP contribution in [0.25, 0.3) is 11.0 Å². The number of halogens is 1. The van der Waals surface area contributed by atoms with Crippen molar-refractivity contribution in [3.8, 4) is 5.75 Å². The second-order valence-electron chi connectivity index (χ2n) is 9.09. The molecule has 0 radical (unpaired) electrons. The molecule has 0 bridgehead atoms. The number of ether oxygens (including phenoxy) is 1. The summed E-state index contributed by atoms with van der Waals surface area (Å²) in [5.41, 5.74) is 3.88. The lowest BCUT2D eigenvalue weighted by molar-refractivity contribution is 0.0937. The van der Waals surface area contributed by atoms with Gasteiger partial charge in [0.15, 0.2) is 0 Å². The number of imidazole rings is 1. The van der Waals surface area contributed by atoms with E-state index in [1.54, 1.807) is 24.3 Å². The van der Waals surface area contributed by atoms with Gasteiger partial charge in [0.25, 0.3) is 5.91 Å². The summed E-state index contributed by atoms with van der Waals surface area (Å²) in [7, 11) is 0. The fourth-order valence-corrected chi connectivity index (χ4v) is 4.24. The first-order valence-corrected chi connectivity index (χ1v) is 12.5. The summed E-state index contributed by atoms with van der Waals surface area (Å²) in [5.74, 6) is 2.12. The Labute approximate surface area is 212 Å². The van der Waals surface area contributed by atoms with Crippen molar-refractivity contribution >= 4 is 28.5 Å². The molecule has 1 amide bonds. The fraction of sp³-hybridized carbons (Fsp3) is 0.310. The average Bonchev–Trinajstić information content (AvgIpc) is 3.23. The van der Waals surface area contributed by atoms with Gasteiger partial charge in [-0.2, -0.15) is 0 Å². The number of rotatable bonds is 10. The summed E-state index contributed by atoms with van der Waals surface area (Å²) >= 11 is 5.95. The molecule has 0 fully saturated rings. The first kappa shape index (κ1) is 24.8. The van der Waals surface area contributed by atoms with Gasteiger partial charge in [0.2, 0.25) is 0 Å². The van der Waals surface area contributed by atoms with Gasteiger partial charge in [0.1, 0.15) is 11.6 Å². The quantitative estimate of drug-likeness (QED) is 0.240. The molecule has 182 valence electrons. The standard InChI is InChI=1S/C29H32ClN3O2/c1-20(2)22-12-16-25(17-13-22)35-19-7-6-18-33-27-9-5-4-8-26(27)32-28(33)21(3)31-29(34)23-10-14-24(30)15-11-23/h4-5,8-17,20-21H,6-7,18-19H2,1-3H3,(H,31,34). The zero-order chi connectivity index (χ0) is 24.8. The van der Waals surface area contributed by atoms with E-state index in [4.69, 9.17) is 21.3 Å². The number of carbonyl (C=O) groups is 1. The molecular formula is C29H32ClN3O2. The van der Waals surface area contributed by atoms with Crippen molar-refractivity contribution in [3.05, 3.63) is 94.8 Å². The Hall–Kier alpha value is -3.31. The monoisotopic (exact) mass is 489 g/mol. The second kappa shape index (κ2) is 11.4. The Balaban J connectivity index is 1.38. The van der Waals surface area contributed by atoms with Crippen LogP contribution in [-0.4, -0.2) is 22.1 Å². The minimum Gasteiger partial charge on any atom is -0.494 e. The molecule has 4 rings (SSSR count). The molecule has 6 heteroatoms. The number of benzene rings is 3. The number of aryl methyl sites for hydroxylation is 1. The summed E-state index contributed by atoms with van der Waals surface area (Å²) in [6.45, 7) is 7.80. The summed E-state index contributed by atoms with van der Waals surface area (Å²) in [6.07, 6.45) is 1.86. The maximum atomic E-state index is 12.8. The Morgan fingerprint density at radius 1 is 0.971 bits per heavy atom. The third-order valence-electron chi connectivity index (χ3n) is 6.12. The van der Waals surface area contributed by atoms with Crippen molar-refractivity contribution in [2.75, 3.05) is 6.61 Å². The summed E-state index contributed by atoms with van der Waals surface area (Å²) in [4.78, 5) is 17.6. The van der Waals surface area contributed by atoms with Crippen molar-refractivity contribution in [2.24, 2.45) is 0 Å². The van der Waals surface area contributed by atoms with Gasteiger partial charge in [-0.15, -0.1) is 0 Å². The maximum Gasteiger partial charge on any atom is 0.251 e. The number of unbranched alkanes of at least 4 members (excludes halogenated alkanes) is 1. The Bertz CT molecular complexity index is 1260. The Morgan fingerprint density at radius 2 is 1.69 bits per heavy atom. The van der Waals surface area contributed by atoms with Crippen LogP contribution in [0.4, 0.5) is 0 Å². The van der Waals surface area contributed by atoms with E-state index in [0.717, 1.165) is 42.0 Å². The van der Waals surface area contributed by atoms with Gasteiger partial charge in [0, 0.05) is 17.1 Å². The van der Waals surface area contributed by atoms with E-state index in [1.807, 2.05) is 37.3 Å². The van der Waals surface area contributed by atoms with Crippen LogP contribution in [0.2, 0.25) is 5.02 Å². The highest BCUT2D eigenvalue weighted by Crippen LogP contribution is 2.23. The fourth-order valence-electron chi connectivity index (χ4n) is 4.12. The normalized spacial score (nSPS) is 12.1. The number of fused-ring (bicyclic) bond motifs is 1. The van der Waals surface area contributed by atoms with Crippen LogP contribution in [0.5, 0.6) is 5.75 Å². The van der Waals surface area contributed by atoms with E-state index in [-0.39, 0.29) is 11.9 Å². The third-order valence-corrected chi connectivity index (χ3v) is 6.37. The van der Waals surface area contributed by atoms with Crippen LogP contribution in [0.3, 0.4) is 0 Å². The van der Waals surface area contributed by atoms with E-state index in [2.05, 4.69) is 41.9 Å². The van der Waals surface area contributed by atoms with E-state index < -0.39 is 0 Å². The van der Waals surface area contributed by atoms with Gasteiger partial charge in [-0.1, -0.05) is 49.7 Å². The molecule has 0 aliphatic heterocycles. The van der Waals surface area contributed by atoms with Crippen LogP contribution < -0.4 is 10.1 Å². The molecule has 0 spiro atoms. The predicted octanol–water partition coefficient (Wildman–Crippen LogP) is 7.16. The van der Waals surface area contributed by atoms with Gasteiger partial charge in [0.05, 0.1) is 23.7 Å². The molecule has 1 N–H and O–H groups in total. The number of carbonyl (C=O) groups excluding carboxylic acids is 1. The molecule has 0 aliphatic rings. The highest BCUT2D eigenvalue weighted by Gasteiger charge is 2.19. The van der Waals surface area contributed by atoms with Gasteiger partial charge in [-0.05, 0) is 79.8 Å². The van der Waals surface area contributed by atoms with Crippen molar-refractivity contribution in [1.29, 1.82) is 0 Å². The van der Waals surface area contributed by atoms with Crippen LogP contribution in [0, 0.1) is 0 Å². The smallest absolute Gasteiger partial charge is 0.251 e. The van der Waals surface area contributed by atoms with Gasteiger partial charge in [-0.3, -0.25) is 4.79 Å². The number of aromatic nitrogens is 2. The molecule has 3 aromatic carbocycles. The molecule has 4 aromatic rings. The van der Waals surface area contributed by atoms with Crippen molar-refractivity contribution in [2.45, 2.75) is 52.1 Å².